The minimum absolute atomic E-state index is 0.532. The number of ether oxygens (including phenoxy) is 1. The highest BCUT2D eigenvalue weighted by Crippen LogP contribution is 2.13. The molecule has 0 saturated heterocycles. The van der Waals surface area contributed by atoms with E-state index in [9.17, 15) is 0 Å². The van der Waals surface area contributed by atoms with Gasteiger partial charge in [-0.15, -0.1) is 0 Å². The van der Waals surface area contributed by atoms with Gasteiger partial charge < -0.3 is 15.4 Å². The molecule has 1 rings (SSSR count). The number of nitrogens with two attached hydrogens (primary N) is 1. The van der Waals surface area contributed by atoms with Crippen molar-refractivity contribution < 1.29 is 4.74 Å². The first kappa shape index (κ1) is 13.0. The molecule has 0 aliphatic rings. The normalized spacial score (nSPS) is 12.8. The summed E-state index contributed by atoms with van der Waals surface area (Å²) in [6.07, 6.45) is 0. The van der Waals surface area contributed by atoms with Crippen molar-refractivity contribution in [3.8, 4) is 5.75 Å². The Morgan fingerprint density at radius 1 is 1.25 bits per heavy atom. The third-order valence-electron chi connectivity index (χ3n) is 2.37. The molecule has 0 aliphatic heterocycles. The Morgan fingerprint density at radius 3 is 2.38 bits per heavy atom. The van der Waals surface area contributed by atoms with Gasteiger partial charge in [-0.3, -0.25) is 0 Å². The van der Waals surface area contributed by atoms with Crippen LogP contribution in [0.2, 0.25) is 0 Å². The Kier molecular flexibility index (Phi) is 5.29. The van der Waals surface area contributed by atoms with Gasteiger partial charge in [0.05, 0.1) is 6.61 Å². The van der Waals surface area contributed by atoms with E-state index < -0.39 is 0 Å². The number of rotatable bonds is 6. The van der Waals surface area contributed by atoms with Gasteiger partial charge in [-0.05, 0) is 31.8 Å². The van der Waals surface area contributed by atoms with Gasteiger partial charge in [0, 0.05) is 19.0 Å². The van der Waals surface area contributed by atoms with Crippen molar-refractivity contribution in [3.05, 3.63) is 29.8 Å². The molecule has 0 amide bonds. The fourth-order valence-electron chi connectivity index (χ4n) is 1.64. The largest absolute Gasteiger partial charge is 0.493 e. The Labute approximate surface area is 98.2 Å². The van der Waals surface area contributed by atoms with Crippen LogP contribution in [0.25, 0.3) is 0 Å². The zero-order valence-corrected chi connectivity index (χ0v) is 10.4. The van der Waals surface area contributed by atoms with E-state index >= 15 is 0 Å². The van der Waals surface area contributed by atoms with E-state index in [4.69, 9.17) is 10.5 Å². The summed E-state index contributed by atoms with van der Waals surface area (Å²) in [4.78, 5) is 2.17. The topological polar surface area (TPSA) is 38.5 Å². The second-order valence-electron chi connectivity index (χ2n) is 4.53. The first-order valence-electron chi connectivity index (χ1n) is 5.68. The van der Waals surface area contributed by atoms with Gasteiger partial charge in [0.1, 0.15) is 5.75 Å². The quantitative estimate of drug-likeness (QED) is 0.796. The molecule has 1 unspecified atom stereocenters. The molecule has 3 nitrogen and oxygen atoms in total. The first-order chi connectivity index (χ1) is 7.61. The molecule has 0 heterocycles. The third kappa shape index (κ3) is 4.64. The average molecular weight is 222 g/mol. The Morgan fingerprint density at radius 2 is 1.88 bits per heavy atom. The van der Waals surface area contributed by atoms with Crippen molar-refractivity contribution in [2.45, 2.75) is 13.5 Å². The number of nitrogens with zero attached hydrogens (tertiary/aromatic N) is 1. The molecule has 0 aliphatic carbocycles. The summed E-state index contributed by atoms with van der Waals surface area (Å²) in [6, 6.07) is 7.97. The monoisotopic (exact) mass is 222 g/mol. The molecule has 0 saturated carbocycles. The third-order valence-corrected chi connectivity index (χ3v) is 2.37. The van der Waals surface area contributed by atoms with Crippen LogP contribution >= 0.6 is 0 Å². The van der Waals surface area contributed by atoms with Crippen molar-refractivity contribution in [3.63, 3.8) is 0 Å². The van der Waals surface area contributed by atoms with Crippen LogP contribution in [-0.2, 0) is 6.54 Å². The molecule has 0 spiro atoms. The van der Waals surface area contributed by atoms with E-state index in [1.807, 2.05) is 24.3 Å². The molecule has 1 aromatic carbocycles. The van der Waals surface area contributed by atoms with Crippen LogP contribution in [0.15, 0.2) is 24.3 Å². The standard InChI is InChI=1S/C13H22N2O/c1-11(9-15(2)3)10-16-13-6-4-12(8-14)5-7-13/h4-7,11H,8-10,14H2,1-3H3. The molecule has 0 fully saturated rings. The Balaban J connectivity index is 2.36. The highest BCUT2D eigenvalue weighted by atomic mass is 16.5. The molecular formula is C13H22N2O. The molecule has 0 aromatic heterocycles. The SMILES string of the molecule is CC(COc1ccc(CN)cc1)CN(C)C. The predicted molar refractivity (Wildman–Crippen MR) is 67.5 cm³/mol. The smallest absolute Gasteiger partial charge is 0.119 e. The average Bonchev–Trinajstić information content (AvgIpc) is 2.26. The molecule has 0 radical (unpaired) electrons. The number of benzene rings is 1. The van der Waals surface area contributed by atoms with Crippen molar-refractivity contribution in [1.29, 1.82) is 0 Å². The fourth-order valence-corrected chi connectivity index (χ4v) is 1.64. The van der Waals surface area contributed by atoms with Gasteiger partial charge in [-0.2, -0.15) is 0 Å². The van der Waals surface area contributed by atoms with Crippen molar-refractivity contribution >= 4 is 0 Å². The minimum Gasteiger partial charge on any atom is -0.493 e. The minimum atomic E-state index is 0.532. The lowest BCUT2D eigenvalue weighted by atomic mass is 10.2. The van der Waals surface area contributed by atoms with Crippen molar-refractivity contribution in [2.75, 3.05) is 27.2 Å². The van der Waals surface area contributed by atoms with Crippen LogP contribution in [0.4, 0.5) is 0 Å². The zero-order chi connectivity index (χ0) is 12.0. The second kappa shape index (κ2) is 6.51. The molecular weight excluding hydrogens is 200 g/mol. The summed E-state index contributed by atoms with van der Waals surface area (Å²) in [5.41, 5.74) is 6.66. The van der Waals surface area contributed by atoms with Crippen LogP contribution < -0.4 is 10.5 Å². The predicted octanol–water partition coefficient (Wildman–Crippen LogP) is 1.72. The summed E-state index contributed by atoms with van der Waals surface area (Å²) in [7, 11) is 4.15. The molecule has 3 heteroatoms. The van der Waals surface area contributed by atoms with Crippen LogP contribution in [-0.4, -0.2) is 32.1 Å². The highest BCUT2D eigenvalue weighted by Gasteiger charge is 2.04. The van der Waals surface area contributed by atoms with Crippen molar-refractivity contribution in [2.24, 2.45) is 11.7 Å². The van der Waals surface area contributed by atoms with Gasteiger partial charge in [0.25, 0.3) is 0 Å². The molecule has 90 valence electrons. The summed E-state index contributed by atoms with van der Waals surface area (Å²) in [5.74, 6) is 1.45. The molecule has 0 bridgehead atoms. The maximum Gasteiger partial charge on any atom is 0.119 e. The first-order valence-corrected chi connectivity index (χ1v) is 5.68. The Bertz CT molecular complexity index is 295. The maximum absolute atomic E-state index is 5.70. The van der Waals surface area contributed by atoms with Crippen LogP contribution in [0.5, 0.6) is 5.75 Å². The van der Waals surface area contributed by atoms with Crippen LogP contribution in [0, 0.1) is 5.92 Å². The van der Waals surface area contributed by atoms with Gasteiger partial charge in [-0.1, -0.05) is 19.1 Å². The van der Waals surface area contributed by atoms with Gasteiger partial charge in [0.2, 0.25) is 0 Å². The maximum atomic E-state index is 5.70. The van der Waals surface area contributed by atoms with E-state index in [1.54, 1.807) is 0 Å². The fraction of sp³-hybridized carbons (Fsp3) is 0.538. The lowest BCUT2D eigenvalue weighted by molar-refractivity contribution is 0.222. The van der Waals surface area contributed by atoms with E-state index in [0.717, 1.165) is 24.5 Å². The summed E-state index contributed by atoms with van der Waals surface area (Å²) in [5, 5.41) is 0. The molecule has 1 aromatic rings. The van der Waals surface area contributed by atoms with Gasteiger partial charge >= 0.3 is 0 Å². The van der Waals surface area contributed by atoms with E-state index in [-0.39, 0.29) is 0 Å². The molecule has 1 atom stereocenters. The lowest BCUT2D eigenvalue weighted by Crippen LogP contribution is -2.24. The zero-order valence-electron chi connectivity index (χ0n) is 10.4. The van der Waals surface area contributed by atoms with Crippen LogP contribution in [0.1, 0.15) is 12.5 Å². The highest BCUT2D eigenvalue weighted by molar-refractivity contribution is 5.27. The molecule has 16 heavy (non-hydrogen) atoms. The van der Waals surface area contributed by atoms with Gasteiger partial charge in [0.15, 0.2) is 0 Å². The number of hydrogen-bond acceptors (Lipinski definition) is 3. The summed E-state index contributed by atoms with van der Waals surface area (Å²) < 4.78 is 5.70. The Hall–Kier alpha value is -1.06. The van der Waals surface area contributed by atoms with Crippen molar-refractivity contribution in [1.82, 2.24) is 4.90 Å². The van der Waals surface area contributed by atoms with E-state index in [0.29, 0.717) is 12.5 Å². The summed E-state index contributed by atoms with van der Waals surface area (Å²) in [6.45, 7) is 4.56. The lowest BCUT2D eigenvalue weighted by Gasteiger charge is -2.17. The molecule has 2 N–H and O–H groups in total. The summed E-state index contributed by atoms with van der Waals surface area (Å²) >= 11 is 0. The second-order valence-corrected chi connectivity index (χ2v) is 4.53. The van der Waals surface area contributed by atoms with Crippen LogP contribution in [0.3, 0.4) is 0 Å². The van der Waals surface area contributed by atoms with E-state index in [1.165, 1.54) is 0 Å². The number of hydrogen-bond donors (Lipinski definition) is 1. The van der Waals surface area contributed by atoms with E-state index in [2.05, 4.69) is 25.9 Å². The van der Waals surface area contributed by atoms with Gasteiger partial charge in [-0.25, -0.2) is 0 Å².